The number of aromatic nitrogens is 4. The van der Waals surface area contributed by atoms with Gasteiger partial charge in [0.05, 0.1) is 11.3 Å². The molecule has 0 fully saturated rings. The van der Waals surface area contributed by atoms with Crippen LogP contribution in [0.5, 0.6) is 0 Å². The van der Waals surface area contributed by atoms with Crippen molar-refractivity contribution in [2.75, 3.05) is 18.6 Å². The Balaban J connectivity index is 1.33. The van der Waals surface area contributed by atoms with Crippen molar-refractivity contribution in [2.24, 2.45) is 0 Å². The predicted octanol–water partition coefficient (Wildman–Crippen LogP) is 1.35. The molecule has 0 bridgehead atoms. The van der Waals surface area contributed by atoms with E-state index in [1.54, 1.807) is 30.1 Å². The molecular weight excluding hydrogens is 382 g/mol. The average Bonchev–Trinajstić information content (AvgIpc) is 3.41. The number of esters is 1. The van der Waals surface area contributed by atoms with E-state index >= 15 is 0 Å². The number of benzene rings is 1. The van der Waals surface area contributed by atoms with Gasteiger partial charge in [-0.3, -0.25) is 9.59 Å². The number of hydrogen-bond acceptors (Lipinski definition) is 8. The maximum absolute atomic E-state index is 12.3. The van der Waals surface area contributed by atoms with E-state index in [1.807, 2.05) is 17.5 Å². The minimum absolute atomic E-state index is 0.0201. The highest BCUT2D eigenvalue weighted by Gasteiger charge is 2.25. The van der Waals surface area contributed by atoms with Gasteiger partial charge < -0.3 is 9.64 Å². The summed E-state index contributed by atoms with van der Waals surface area (Å²) in [4.78, 5) is 39.5. The first-order valence-electron chi connectivity index (χ1n) is 8.41. The van der Waals surface area contributed by atoms with Gasteiger partial charge in [0.2, 0.25) is 11.7 Å². The number of thiophene rings is 1. The summed E-state index contributed by atoms with van der Waals surface area (Å²) in [5, 5.41) is 13.7. The zero-order valence-corrected chi connectivity index (χ0v) is 15.7. The van der Waals surface area contributed by atoms with E-state index in [2.05, 4.69) is 15.4 Å². The molecule has 9 nitrogen and oxygen atoms in total. The molecule has 0 aliphatic carbocycles. The van der Waals surface area contributed by atoms with E-state index in [0.717, 1.165) is 20.9 Å². The van der Waals surface area contributed by atoms with Gasteiger partial charge >= 0.3 is 5.97 Å². The summed E-state index contributed by atoms with van der Waals surface area (Å²) in [6.45, 7) is -0.636. The van der Waals surface area contributed by atoms with Crippen molar-refractivity contribution < 1.29 is 19.1 Å². The highest BCUT2D eigenvalue weighted by Crippen LogP contribution is 2.28. The first kappa shape index (κ1) is 18.0. The number of Topliss-reactive ketones (excluding diaryl/α,β-unsaturated/α-hetero) is 1. The van der Waals surface area contributed by atoms with Crippen molar-refractivity contribution in [3.05, 3.63) is 46.8 Å². The summed E-state index contributed by atoms with van der Waals surface area (Å²) in [5.41, 5.74) is 1.98. The number of nitrogens with zero attached hydrogens (tertiary/aromatic N) is 5. The number of carbonyl (C=O) groups excluding carboxylic acids is 3. The first-order valence-corrected chi connectivity index (χ1v) is 9.29. The zero-order valence-electron chi connectivity index (χ0n) is 14.9. The van der Waals surface area contributed by atoms with Crippen molar-refractivity contribution in [1.82, 2.24) is 20.2 Å². The van der Waals surface area contributed by atoms with E-state index in [4.69, 9.17) is 4.74 Å². The molecule has 0 spiro atoms. The lowest BCUT2D eigenvalue weighted by Crippen LogP contribution is -2.20. The molecule has 28 heavy (non-hydrogen) atoms. The molecule has 3 aromatic rings. The van der Waals surface area contributed by atoms with Gasteiger partial charge in [0.25, 0.3) is 0 Å². The zero-order chi connectivity index (χ0) is 19.7. The molecule has 142 valence electrons. The fraction of sp³-hybridized carbons (Fsp3) is 0.222. The molecule has 0 radical (unpaired) electrons. The van der Waals surface area contributed by atoms with Crippen LogP contribution in [0.25, 0.3) is 10.7 Å². The molecule has 0 N–H and O–H groups in total. The van der Waals surface area contributed by atoms with Crippen LogP contribution in [0.2, 0.25) is 0 Å². The molecular formula is C18H15N5O4S. The van der Waals surface area contributed by atoms with Crippen molar-refractivity contribution in [3.63, 3.8) is 0 Å². The summed E-state index contributed by atoms with van der Waals surface area (Å²) >= 11 is 1.47. The Kier molecular flexibility index (Phi) is 4.70. The first-order chi connectivity index (χ1) is 13.5. The quantitative estimate of drug-likeness (QED) is 0.456. The second-order valence-electron chi connectivity index (χ2n) is 6.18. The van der Waals surface area contributed by atoms with Crippen LogP contribution in [0.15, 0.2) is 35.7 Å². The highest BCUT2D eigenvalue weighted by molar-refractivity contribution is 7.13. The Morgan fingerprint density at radius 2 is 2.14 bits per heavy atom. The van der Waals surface area contributed by atoms with Crippen LogP contribution in [0.3, 0.4) is 0 Å². The van der Waals surface area contributed by atoms with E-state index in [1.165, 1.54) is 11.3 Å². The number of rotatable bonds is 6. The number of amides is 1. The summed E-state index contributed by atoms with van der Waals surface area (Å²) in [7, 11) is 1.69. The Morgan fingerprint density at radius 1 is 1.29 bits per heavy atom. The molecule has 1 aliphatic heterocycles. The van der Waals surface area contributed by atoms with Crippen molar-refractivity contribution in [3.8, 4) is 10.7 Å². The number of tetrazole rings is 1. The third-order valence-electron chi connectivity index (χ3n) is 4.31. The molecule has 0 saturated heterocycles. The Bertz CT molecular complexity index is 1060. The fourth-order valence-corrected chi connectivity index (χ4v) is 3.50. The van der Waals surface area contributed by atoms with Gasteiger partial charge in [-0.15, -0.1) is 21.5 Å². The van der Waals surface area contributed by atoms with Gasteiger partial charge in [-0.05, 0) is 40.4 Å². The number of ether oxygens (including phenoxy) is 1. The number of fused-ring (bicyclic) bond motifs is 1. The van der Waals surface area contributed by atoms with Crippen LogP contribution in [0.4, 0.5) is 5.69 Å². The molecule has 10 heteroatoms. The molecule has 0 saturated carbocycles. The van der Waals surface area contributed by atoms with Crippen molar-refractivity contribution >= 4 is 34.7 Å². The maximum Gasteiger partial charge on any atom is 0.330 e. The molecule has 0 unspecified atom stereocenters. The summed E-state index contributed by atoms with van der Waals surface area (Å²) in [5.74, 6) is -0.576. The molecule has 1 aromatic carbocycles. The van der Waals surface area contributed by atoms with Crippen LogP contribution in [-0.2, 0) is 27.3 Å². The van der Waals surface area contributed by atoms with Gasteiger partial charge in [-0.2, -0.15) is 4.80 Å². The standard InChI is InChI=1S/C18H15N5O4S/c1-22-13-5-4-11(7-12(13)8-16(22)25)14(24)10-27-17(26)9-23-20-18(19-21-23)15-3-2-6-28-15/h2-7H,8-10H2,1H3. The van der Waals surface area contributed by atoms with Crippen molar-refractivity contribution in [2.45, 2.75) is 13.0 Å². The lowest BCUT2D eigenvalue weighted by molar-refractivity contribution is -0.143. The third kappa shape index (κ3) is 3.54. The minimum Gasteiger partial charge on any atom is -0.456 e. The Hall–Kier alpha value is -3.40. The SMILES string of the molecule is CN1C(=O)Cc2cc(C(=O)COC(=O)Cn3nnc(-c4cccs4)n3)ccc21. The van der Waals surface area contributed by atoms with Gasteiger partial charge in [-0.25, -0.2) is 4.79 Å². The largest absolute Gasteiger partial charge is 0.456 e. The smallest absolute Gasteiger partial charge is 0.330 e. The van der Waals surface area contributed by atoms with Crippen molar-refractivity contribution in [1.29, 1.82) is 0 Å². The molecule has 0 atom stereocenters. The molecule has 4 rings (SSSR count). The number of anilines is 1. The van der Waals surface area contributed by atoms with E-state index in [-0.39, 0.29) is 24.7 Å². The number of likely N-dealkylation sites (N-methyl/N-ethyl adjacent to an activating group) is 1. The second kappa shape index (κ2) is 7.31. The third-order valence-corrected chi connectivity index (χ3v) is 5.17. The fourth-order valence-electron chi connectivity index (χ4n) is 2.85. The van der Waals surface area contributed by atoms with Gasteiger partial charge in [0.1, 0.15) is 0 Å². The minimum atomic E-state index is -0.639. The highest BCUT2D eigenvalue weighted by atomic mass is 32.1. The topological polar surface area (TPSA) is 107 Å². The second-order valence-corrected chi connectivity index (χ2v) is 7.13. The number of ketones is 1. The monoisotopic (exact) mass is 397 g/mol. The van der Waals surface area contributed by atoms with Crippen LogP contribution in [0, 0.1) is 0 Å². The van der Waals surface area contributed by atoms with Crippen LogP contribution in [0.1, 0.15) is 15.9 Å². The molecule has 1 aliphatic rings. The maximum atomic E-state index is 12.3. The summed E-state index contributed by atoms with van der Waals surface area (Å²) < 4.78 is 5.03. The average molecular weight is 397 g/mol. The lowest BCUT2D eigenvalue weighted by atomic mass is 10.1. The lowest BCUT2D eigenvalue weighted by Gasteiger charge is -2.10. The molecule has 2 aromatic heterocycles. The predicted molar refractivity (Wildman–Crippen MR) is 100.0 cm³/mol. The van der Waals surface area contributed by atoms with Gasteiger partial charge in [-0.1, -0.05) is 6.07 Å². The Labute approximate surface area is 163 Å². The number of carbonyl (C=O) groups is 3. The summed E-state index contributed by atoms with van der Waals surface area (Å²) in [6, 6.07) is 8.73. The summed E-state index contributed by atoms with van der Waals surface area (Å²) in [6.07, 6.45) is 0.261. The Morgan fingerprint density at radius 3 is 2.93 bits per heavy atom. The molecule has 1 amide bonds. The van der Waals surface area contributed by atoms with E-state index in [9.17, 15) is 14.4 Å². The normalized spacial score (nSPS) is 12.9. The van der Waals surface area contributed by atoms with Crippen LogP contribution in [-0.4, -0.2) is 51.5 Å². The van der Waals surface area contributed by atoms with E-state index < -0.39 is 12.6 Å². The van der Waals surface area contributed by atoms with Crippen LogP contribution >= 0.6 is 11.3 Å². The van der Waals surface area contributed by atoms with Gasteiger partial charge in [0.15, 0.2) is 18.9 Å². The van der Waals surface area contributed by atoms with E-state index in [0.29, 0.717) is 11.4 Å². The number of hydrogen-bond donors (Lipinski definition) is 0. The molecule has 3 heterocycles. The van der Waals surface area contributed by atoms with Gasteiger partial charge in [0, 0.05) is 18.3 Å². The van der Waals surface area contributed by atoms with Crippen LogP contribution < -0.4 is 4.90 Å².